The molecule has 0 saturated heterocycles. The second-order valence-electron chi connectivity index (χ2n) is 5.18. The number of halogens is 1. The van der Waals surface area contributed by atoms with Gasteiger partial charge >= 0.3 is 0 Å². The molecular formula is C15H18FN3. The van der Waals surface area contributed by atoms with E-state index in [0.29, 0.717) is 6.04 Å². The van der Waals surface area contributed by atoms with Crippen LogP contribution in [-0.4, -0.2) is 9.55 Å². The van der Waals surface area contributed by atoms with E-state index in [0.717, 1.165) is 17.2 Å². The normalized spacial score (nSPS) is 15.9. The van der Waals surface area contributed by atoms with Crippen LogP contribution in [0.4, 0.5) is 16.0 Å². The Morgan fingerprint density at radius 2 is 2.11 bits per heavy atom. The lowest BCUT2D eigenvalue weighted by Gasteiger charge is -2.16. The zero-order valence-electron chi connectivity index (χ0n) is 11.1. The van der Waals surface area contributed by atoms with E-state index in [1.807, 2.05) is 19.3 Å². The third kappa shape index (κ3) is 2.48. The molecule has 0 aliphatic heterocycles. The lowest BCUT2D eigenvalue weighted by Crippen LogP contribution is -2.08. The van der Waals surface area contributed by atoms with Gasteiger partial charge in [-0.2, -0.15) is 0 Å². The third-order valence-corrected chi connectivity index (χ3v) is 3.82. The van der Waals surface area contributed by atoms with Crippen LogP contribution in [0.25, 0.3) is 0 Å². The number of nitrogens with one attached hydrogen (secondary N) is 1. The van der Waals surface area contributed by atoms with Gasteiger partial charge in [-0.1, -0.05) is 12.8 Å². The number of benzene rings is 1. The number of hydrogen-bond donors (Lipinski definition) is 1. The van der Waals surface area contributed by atoms with Crippen LogP contribution in [0, 0.1) is 12.7 Å². The number of aromatic nitrogens is 2. The molecule has 0 amide bonds. The second kappa shape index (κ2) is 5.03. The standard InChI is InChI=1S/C15H18FN3/c1-11-10-12(16)6-7-14(11)18-15-17-8-9-19(15)13-4-2-3-5-13/h6-10,13H,2-5H2,1H3,(H,17,18). The minimum Gasteiger partial charge on any atom is -0.325 e. The second-order valence-corrected chi connectivity index (χ2v) is 5.18. The van der Waals surface area contributed by atoms with Crippen molar-refractivity contribution in [1.29, 1.82) is 0 Å². The van der Waals surface area contributed by atoms with E-state index in [1.54, 1.807) is 6.07 Å². The highest BCUT2D eigenvalue weighted by molar-refractivity contribution is 5.58. The first kappa shape index (κ1) is 12.2. The molecule has 1 aromatic heterocycles. The van der Waals surface area contributed by atoms with Crippen molar-refractivity contribution in [1.82, 2.24) is 9.55 Å². The van der Waals surface area contributed by atoms with Gasteiger partial charge in [-0.3, -0.25) is 0 Å². The van der Waals surface area contributed by atoms with Crippen molar-refractivity contribution in [3.8, 4) is 0 Å². The Labute approximate surface area is 112 Å². The Hall–Kier alpha value is -1.84. The first-order chi connectivity index (χ1) is 9.24. The number of anilines is 2. The van der Waals surface area contributed by atoms with Crippen molar-refractivity contribution in [2.45, 2.75) is 38.6 Å². The summed E-state index contributed by atoms with van der Waals surface area (Å²) in [5.41, 5.74) is 1.80. The molecule has 1 aliphatic carbocycles. The third-order valence-electron chi connectivity index (χ3n) is 3.82. The van der Waals surface area contributed by atoms with E-state index >= 15 is 0 Å². The molecule has 0 unspecified atom stereocenters. The predicted octanol–water partition coefficient (Wildman–Crippen LogP) is 4.19. The van der Waals surface area contributed by atoms with E-state index in [4.69, 9.17) is 0 Å². The molecule has 1 heterocycles. The van der Waals surface area contributed by atoms with E-state index in [-0.39, 0.29) is 5.82 Å². The highest BCUT2D eigenvalue weighted by Gasteiger charge is 2.19. The van der Waals surface area contributed by atoms with Gasteiger partial charge in [-0.25, -0.2) is 9.37 Å². The fourth-order valence-electron chi connectivity index (χ4n) is 2.77. The van der Waals surface area contributed by atoms with Crippen LogP contribution in [0.15, 0.2) is 30.6 Å². The highest BCUT2D eigenvalue weighted by atomic mass is 19.1. The molecule has 3 nitrogen and oxygen atoms in total. The van der Waals surface area contributed by atoms with Crippen molar-refractivity contribution >= 4 is 11.6 Å². The SMILES string of the molecule is Cc1cc(F)ccc1Nc1nccn1C1CCCC1. The van der Waals surface area contributed by atoms with Gasteiger partial charge in [0.05, 0.1) is 0 Å². The number of imidazole rings is 1. The molecule has 4 heteroatoms. The van der Waals surface area contributed by atoms with Gasteiger partial charge in [0.2, 0.25) is 5.95 Å². The van der Waals surface area contributed by atoms with Crippen LogP contribution in [0.2, 0.25) is 0 Å². The summed E-state index contributed by atoms with van der Waals surface area (Å²) >= 11 is 0. The summed E-state index contributed by atoms with van der Waals surface area (Å²) in [6.07, 6.45) is 8.85. The first-order valence-electron chi connectivity index (χ1n) is 6.80. The zero-order valence-corrected chi connectivity index (χ0v) is 11.1. The quantitative estimate of drug-likeness (QED) is 0.895. The Morgan fingerprint density at radius 1 is 1.32 bits per heavy atom. The number of hydrogen-bond acceptors (Lipinski definition) is 2. The fourth-order valence-corrected chi connectivity index (χ4v) is 2.77. The maximum absolute atomic E-state index is 13.1. The average Bonchev–Trinajstić information content (AvgIpc) is 3.03. The van der Waals surface area contributed by atoms with Crippen molar-refractivity contribution < 1.29 is 4.39 Å². The minimum absolute atomic E-state index is 0.206. The molecular weight excluding hydrogens is 241 g/mol. The topological polar surface area (TPSA) is 29.9 Å². The van der Waals surface area contributed by atoms with Gasteiger partial charge in [0.1, 0.15) is 5.82 Å². The average molecular weight is 259 g/mol. The van der Waals surface area contributed by atoms with Crippen molar-refractivity contribution in [3.63, 3.8) is 0 Å². The molecule has 0 bridgehead atoms. The van der Waals surface area contributed by atoms with E-state index in [9.17, 15) is 4.39 Å². The van der Waals surface area contributed by atoms with Crippen LogP contribution in [0.3, 0.4) is 0 Å². The Balaban J connectivity index is 1.85. The Kier molecular flexibility index (Phi) is 3.23. The highest BCUT2D eigenvalue weighted by Crippen LogP contribution is 2.32. The lowest BCUT2D eigenvalue weighted by molar-refractivity contribution is 0.525. The Morgan fingerprint density at radius 3 is 2.84 bits per heavy atom. The molecule has 1 N–H and O–H groups in total. The smallest absolute Gasteiger partial charge is 0.207 e. The zero-order chi connectivity index (χ0) is 13.2. The molecule has 0 radical (unpaired) electrons. The first-order valence-corrected chi connectivity index (χ1v) is 6.80. The monoisotopic (exact) mass is 259 g/mol. The molecule has 0 atom stereocenters. The van der Waals surface area contributed by atoms with Crippen LogP contribution < -0.4 is 5.32 Å². The van der Waals surface area contributed by atoms with Crippen molar-refractivity contribution in [2.75, 3.05) is 5.32 Å². The minimum atomic E-state index is -0.206. The van der Waals surface area contributed by atoms with Crippen molar-refractivity contribution in [3.05, 3.63) is 42.0 Å². The van der Waals surface area contributed by atoms with Crippen molar-refractivity contribution in [2.24, 2.45) is 0 Å². The lowest BCUT2D eigenvalue weighted by atomic mass is 10.2. The fraction of sp³-hybridized carbons (Fsp3) is 0.400. The van der Waals surface area contributed by atoms with Gasteiger partial charge in [-0.15, -0.1) is 0 Å². The maximum atomic E-state index is 13.1. The molecule has 0 spiro atoms. The van der Waals surface area contributed by atoms with Gasteiger partial charge in [0.25, 0.3) is 0 Å². The van der Waals surface area contributed by atoms with E-state index < -0.39 is 0 Å². The van der Waals surface area contributed by atoms with Crippen LogP contribution >= 0.6 is 0 Å². The predicted molar refractivity (Wildman–Crippen MR) is 74.2 cm³/mol. The van der Waals surface area contributed by atoms with Gasteiger partial charge < -0.3 is 9.88 Å². The summed E-state index contributed by atoms with van der Waals surface area (Å²) < 4.78 is 15.3. The largest absolute Gasteiger partial charge is 0.325 e. The van der Waals surface area contributed by atoms with Crippen LogP contribution in [-0.2, 0) is 0 Å². The molecule has 1 saturated carbocycles. The summed E-state index contributed by atoms with van der Waals surface area (Å²) in [6.45, 7) is 1.90. The molecule has 3 rings (SSSR count). The summed E-state index contributed by atoms with van der Waals surface area (Å²) in [4.78, 5) is 4.38. The molecule has 100 valence electrons. The summed E-state index contributed by atoms with van der Waals surface area (Å²) in [5, 5.41) is 3.31. The van der Waals surface area contributed by atoms with Crippen LogP contribution in [0.5, 0.6) is 0 Å². The number of rotatable bonds is 3. The summed E-state index contributed by atoms with van der Waals surface area (Å²) in [5.74, 6) is 0.642. The van der Waals surface area contributed by atoms with Gasteiger partial charge in [0.15, 0.2) is 0 Å². The molecule has 1 fully saturated rings. The summed E-state index contributed by atoms with van der Waals surface area (Å²) in [7, 11) is 0. The van der Waals surface area contributed by atoms with E-state index in [1.165, 1.54) is 37.8 Å². The molecule has 1 aliphatic rings. The summed E-state index contributed by atoms with van der Waals surface area (Å²) in [6, 6.07) is 5.31. The maximum Gasteiger partial charge on any atom is 0.207 e. The number of nitrogens with zero attached hydrogens (tertiary/aromatic N) is 2. The Bertz CT molecular complexity index is 571. The van der Waals surface area contributed by atoms with Crippen LogP contribution in [0.1, 0.15) is 37.3 Å². The molecule has 19 heavy (non-hydrogen) atoms. The van der Waals surface area contributed by atoms with Gasteiger partial charge in [0, 0.05) is 24.1 Å². The number of aryl methyl sites for hydroxylation is 1. The molecule has 2 aromatic rings. The molecule has 1 aromatic carbocycles. The van der Waals surface area contributed by atoms with Gasteiger partial charge in [-0.05, 0) is 43.5 Å². The van der Waals surface area contributed by atoms with E-state index in [2.05, 4.69) is 14.9 Å².